The first-order valence-electron chi connectivity index (χ1n) is 6.18. The highest BCUT2D eigenvalue weighted by Crippen LogP contribution is 2.30. The van der Waals surface area contributed by atoms with Crippen LogP contribution in [0, 0.1) is 15.9 Å². The predicted octanol–water partition coefficient (Wildman–Crippen LogP) is 1.99. The smallest absolute Gasteiger partial charge is 0.340 e. The number of nitro groups is 1. The summed E-state index contributed by atoms with van der Waals surface area (Å²) in [5.41, 5.74) is -0.588. The Morgan fingerprint density at radius 1 is 1.43 bits per heavy atom. The van der Waals surface area contributed by atoms with E-state index in [0.29, 0.717) is 19.6 Å². The molecule has 0 fully saturated rings. The fourth-order valence-electron chi connectivity index (χ4n) is 1.84. The van der Waals surface area contributed by atoms with Crippen LogP contribution >= 0.6 is 0 Å². The van der Waals surface area contributed by atoms with Gasteiger partial charge >= 0.3 is 5.97 Å². The number of hydrogen-bond donors (Lipinski definition) is 0. The van der Waals surface area contributed by atoms with Crippen molar-refractivity contribution in [3.8, 4) is 0 Å². The van der Waals surface area contributed by atoms with Gasteiger partial charge in [-0.1, -0.05) is 0 Å². The maximum atomic E-state index is 13.8. The van der Waals surface area contributed by atoms with Gasteiger partial charge in [-0.3, -0.25) is 10.1 Å². The van der Waals surface area contributed by atoms with E-state index < -0.39 is 22.4 Å². The van der Waals surface area contributed by atoms with Gasteiger partial charge in [-0.2, -0.15) is 0 Å². The maximum Gasteiger partial charge on any atom is 0.340 e. The van der Waals surface area contributed by atoms with Crippen LogP contribution in [0.25, 0.3) is 0 Å². The van der Waals surface area contributed by atoms with Crippen molar-refractivity contribution in [2.75, 3.05) is 39.3 Å². The Kier molecular flexibility index (Phi) is 6.04. The van der Waals surface area contributed by atoms with E-state index >= 15 is 0 Å². The van der Waals surface area contributed by atoms with Gasteiger partial charge in [0, 0.05) is 27.3 Å². The predicted molar refractivity (Wildman–Crippen MR) is 74.2 cm³/mol. The molecule has 8 heteroatoms. The van der Waals surface area contributed by atoms with Gasteiger partial charge in [0.05, 0.1) is 23.7 Å². The van der Waals surface area contributed by atoms with E-state index in [9.17, 15) is 19.3 Å². The van der Waals surface area contributed by atoms with Crippen LogP contribution in [0.5, 0.6) is 0 Å². The number of carbonyl (C=O) groups excluding carboxylic acids is 1. The summed E-state index contributed by atoms with van der Waals surface area (Å²) in [6.07, 6.45) is 0.634. The van der Waals surface area contributed by atoms with E-state index in [1.54, 1.807) is 19.1 Å². The number of nitro benzene ring substituents is 1. The van der Waals surface area contributed by atoms with Crippen molar-refractivity contribution in [2.24, 2.45) is 0 Å². The number of halogens is 1. The topological polar surface area (TPSA) is 81.9 Å². The molecular formula is C13H17FN2O5. The molecule has 0 amide bonds. The monoisotopic (exact) mass is 300 g/mol. The normalized spacial score (nSPS) is 10.3. The highest BCUT2D eigenvalue weighted by atomic mass is 19.1. The third-order valence-electron chi connectivity index (χ3n) is 2.92. The van der Waals surface area contributed by atoms with Crippen LogP contribution in [-0.4, -0.2) is 45.3 Å². The summed E-state index contributed by atoms with van der Waals surface area (Å²) in [5, 5.41) is 11.0. The van der Waals surface area contributed by atoms with Crippen molar-refractivity contribution >= 4 is 17.3 Å². The third-order valence-corrected chi connectivity index (χ3v) is 2.92. The van der Waals surface area contributed by atoms with Crippen LogP contribution in [-0.2, 0) is 9.47 Å². The summed E-state index contributed by atoms with van der Waals surface area (Å²) in [7, 11) is 4.29. The van der Waals surface area contributed by atoms with Crippen molar-refractivity contribution < 1.29 is 23.6 Å². The molecule has 0 spiro atoms. The number of methoxy groups -OCH3 is 2. The fourth-order valence-corrected chi connectivity index (χ4v) is 1.84. The molecular weight excluding hydrogens is 283 g/mol. The number of hydrogen-bond acceptors (Lipinski definition) is 6. The molecule has 0 atom stereocenters. The quantitative estimate of drug-likeness (QED) is 0.331. The van der Waals surface area contributed by atoms with E-state index in [1.807, 2.05) is 0 Å². The maximum absolute atomic E-state index is 13.8. The summed E-state index contributed by atoms with van der Waals surface area (Å²) >= 11 is 0. The Labute approximate surface area is 121 Å². The van der Waals surface area contributed by atoms with E-state index in [0.717, 1.165) is 19.2 Å². The number of benzene rings is 1. The standard InChI is InChI=1S/C13H17FN2O5/c1-15(5-4-6-20-2)11-7-9(13(17)21-3)10(14)8-12(11)16(18)19/h7-8H,4-6H2,1-3H3. The van der Waals surface area contributed by atoms with Crippen LogP contribution in [0.4, 0.5) is 15.8 Å². The lowest BCUT2D eigenvalue weighted by atomic mass is 10.1. The first kappa shape index (κ1) is 16.8. The molecule has 0 saturated heterocycles. The number of esters is 1. The highest BCUT2D eigenvalue weighted by Gasteiger charge is 2.24. The van der Waals surface area contributed by atoms with E-state index in [1.165, 1.54) is 0 Å². The van der Waals surface area contributed by atoms with Crippen LogP contribution in [0.1, 0.15) is 16.8 Å². The number of carbonyl (C=O) groups is 1. The van der Waals surface area contributed by atoms with Gasteiger partial charge in [-0.05, 0) is 12.5 Å². The van der Waals surface area contributed by atoms with E-state index in [-0.39, 0.29) is 11.3 Å². The lowest BCUT2D eigenvalue weighted by molar-refractivity contribution is -0.384. The van der Waals surface area contributed by atoms with Gasteiger partial charge in [-0.15, -0.1) is 0 Å². The zero-order chi connectivity index (χ0) is 16.0. The molecule has 7 nitrogen and oxygen atoms in total. The number of nitrogens with zero attached hydrogens (tertiary/aromatic N) is 2. The van der Waals surface area contributed by atoms with E-state index in [2.05, 4.69) is 4.74 Å². The van der Waals surface area contributed by atoms with Crippen molar-refractivity contribution in [1.29, 1.82) is 0 Å². The summed E-state index contributed by atoms with van der Waals surface area (Å²) in [6.45, 7) is 0.949. The second-order valence-corrected chi connectivity index (χ2v) is 4.34. The molecule has 0 unspecified atom stereocenters. The Morgan fingerprint density at radius 2 is 2.10 bits per heavy atom. The Morgan fingerprint density at radius 3 is 2.62 bits per heavy atom. The van der Waals surface area contributed by atoms with Crippen LogP contribution < -0.4 is 4.90 Å². The lowest BCUT2D eigenvalue weighted by Crippen LogP contribution is -2.21. The average Bonchev–Trinajstić information content (AvgIpc) is 2.46. The first-order chi connectivity index (χ1) is 9.92. The Balaban J connectivity index is 3.19. The molecule has 1 rings (SSSR count). The molecule has 0 bridgehead atoms. The number of anilines is 1. The van der Waals surface area contributed by atoms with Crippen molar-refractivity contribution in [2.45, 2.75) is 6.42 Å². The summed E-state index contributed by atoms with van der Waals surface area (Å²) in [6, 6.07) is 1.86. The molecule has 21 heavy (non-hydrogen) atoms. The largest absolute Gasteiger partial charge is 0.465 e. The number of ether oxygens (including phenoxy) is 2. The van der Waals surface area contributed by atoms with Gasteiger partial charge in [0.1, 0.15) is 11.5 Å². The summed E-state index contributed by atoms with van der Waals surface area (Å²) in [4.78, 5) is 23.4. The highest BCUT2D eigenvalue weighted by molar-refractivity contribution is 5.92. The van der Waals surface area contributed by atoms with Crippen LogP contribution in [0.2, 0.25) is 0 Å². The molecule has 0 aliphatic heterocycles. The minimum absolute atomic E-state index is 0.151. The molecule has 0 aromatic heterocycles. The van der Waals surface area contributed by atoms with Gasteiger partial charge in [0.2, 0.25) is 0 Å². The second kappa shape index (κ2) is 7.53. The van der Waals surface area contributed by atoms with E-state index in [4.69, 9.17) is 4.74 Å². The van der Waals surface area contributed by atoms with Crippen molar-refractivity contribution in [1.82, 2.24) is 0 Å². The van der Waals surface area contributed by atoms with Gasteiger partial charge < -0.3 is 14.4 Å². The molecule has 0 aliphatic rings. The molecule has 0 heterocycles. The molecule has 0 aliphatic carbocycles. The zero-order valence-electron chi connectivity index (χ0n) is 12.1. The first-order valence-corrected chi connectivity index (χ1v) is 6.18. The summed E-state index contributed by atoms with van der Waals surface area (Å²) < 4.78 is 23.1. The van der Waals surface area contributed by atoms with Crippen molar-refractivity contribution in [3.05, 3.63) is 33.6 Å². The Hall–Kier alpha value is -2.22. The minimum atomic E-state index is -0.984. The zero-order valence-corrected chi connectivity index (χ0v) is 12.1. The fraction of sp³-hybridized carbons (Fsp3) is 0.462. The molecule has 0 N–H and O–H groups in total. The second-order valence-electron chi connectivity index (χ2n) is 4.34. The molecule has 1 aromatic carbocycles. The molecule has 1 aromatic rings. The number of rotatable bonds is 7. The van der Waals surface area contributed by atoms with Gasteiger partial charge in [0.15, 0.2) is 0 Å². The van der Waals surface area contributed by atoms with Gasteiger partial charge in [0.25, 0.3) is 5.69 Å². The molecule has 0 saturated carbocycles. The SMILES string of the molecule is COCCCN(C)c1cc(C(=O)OC)c(F)cc1[N+](=O)[O-]. The molecule has 116 valence electrons. The van der Waals surface area contributed by atoms with Gasteiger partial charge in [-0.25, -0.2) is 9.18 Å². The lowest BCUT2D eigenvalue weighted by Gasteiger charge is -2.19. The Bertz CT molecular complexity index is 536. The van der Waals surface area contributed by atoms with Crippen LogP contribution in [0.15, 0.2) is 12.1 Å². The van der Waals surface area contributed by atoms with Crippen LogP contribution in [0.3, 0.4) is 0 Å². The average molecular weight is 300 g/mol. The molecule has 0 radical (unpaired) electrons. The minimum Gasteiger partial charge on any atom is -0.465 e. The summed E-state index contributed by atoms with van der Waals surface area (Å²) in [5.74, 6) is -1.86. The third kappa shape index (κ3) is 4.12. The van der Waals surface area contributed by atoms with Crippen molar-refractivity contribution in [3.63, 3.8) is 0 Å².